The highest BCUT2D eigenvalue weighted by Crippen LogP contribution is 2.12. The number of nitrogens with one attached hydrogen (secondary N) is 1. The van der Waals surface area contributed by atoms with Gasteiger partial charge >= 0.3 is 0 Å². The van der Waals surface area contributed by atoms with Crippen LogP contribution in [0, 0.1) is 0 Å². The number of hydrogen-bond donors (Lipinski definition) is 2. The zero-order chi connectivity index (χ0) is 11.3. The quantitative estimate of drug-likeness (QED) is 0.722. The molecule has 1 heterocycles. The molecule has 90 valence electrons. The van der Waals surface area contributed by atoms with Crippen molar-refractivity contribution < 1.29 is 5.11 Å². The first-order valence-electron chi connectivity index (χ1n) is 6.29. The van der Waals surface area contributed by atoms with E-state index in [1.165, 1.54) is 25.9 Å². The Labute approximate surface area is 93.9 Å². The molecule has 1 aliphatic heterocycles. The Morgan fingerprint density at radius 2 is 1.93 bits per heavy atom. The van der Waals surface area contributed by atoms with Crippen LogP contribution in [0.25, 0.3) is 0 Å². The van der Waals surface area contributed by atoms with E-state index < -0.39 is 0 Å². The number of aliphatic hydroxyl groups excluding tert-OH is 1. The van der Waals surface area contributed by atoms with E-state index in [0.29, 0.717) is 12.1 Å². The van der Waals surface area contributed by atoms with E-state index >= 15 is 0 Å². The number of hydrogen-bond acceptors (Lipinski definition) is 3. The van der Waals surface area contributed by atoms with E-state index in [4.69, 9.17) is 0 Å². The van der Waals surface area contributed by atoms with Crippen molar-refractivity contribution in [2.24, 2.45) is 0 Å². The largest absolute Gasteiger partial charge is 0.392 e. The smallest absolute Gasteiger partial charge is 0.0662 e. The van der Waals surface area contributed by atoms with Crippen LogP contribution < -0.4 is 5.32 Å². The fourth-order valence-electron chi connectivity index (χ4n) is 2.07. The molecule has 0 saturated carbocycles. The van der Waals surface area contributed by atoms with Gasteiger partial charge in [0.1, 0.15) is 0 Å². The standard InChI is InChI=1S/C12H26N2O/c1-4-12(15)9-13-11-5-7-14(8-6-11)10(2)3/h10-13,15H,4-9H2,1-3H3. The van der Waals surface area contributed by atoms with Gasteiger partial charge in [0, 0.05) is 18.6 Å². The molecule has 1 saturated heterocycles. The van der Waals surface area contributed by atoms with Crippen LogP contribution in [0.2, 0.25) is 0 Å². The normalized spacial score (nSPS) is 22.2. The van der Waals surface area contributed by atoms with Gasteiger partial charge in [0.25, 0.3) is 0 Å². The molecule has 1 unspecified atom stereocenters. The predicted molar refractivity (Wildman–Crippen MR) is 64.0 cm³/mol. The van der Waals surface area contributed by atoms with Gasteiger partial charge in [-0.25, -0.2) is 0 Å². The number of piperidine rings is 1. The summed E-state index contributed by atoms with van der Waals surface area (Å²) in [6.07, 6.45) is 3.11. The lowest BCUT2D eigenvalue weighted by atomic mass is 10.0. The zero-order valence-corrected chi connectivity index (χ0v) is 10.4. The Bertz CT molecular complexity index is 165. The third kappa shape index (κ3) is 4.49. The second-order valence-electron chi connectivity index (χ2n) is 4.87. The molecule has 0 aliphatic carbocycles. The molecule has 0 bridgehead atoms. The minimum absolute atomic E-state index is 0.173. The molecule has 1 rings (SSSR count). The summed E-state index contributed by atoms with van der Waals surface area (Å²) in [5.74, 6) is 0. The van der Waals surface area contributed by atoms with Crippen molar-refractivity contribution in [1.82, 2.24) is 10.2 Å². The molecule has 0 amide bonds. The third-order valence-electron chi connectivity index (χ3n) is 3.37. The van der Waals surface area contributed by atoms with E-state index in [0.717, 1.165) is 13.0 Å². The molecule has 1 atom stereocenters. The maximum Gasteiger partial charge on any atom is 0.0662 e. The Balaban J connectivity index is 2.14. The van der Waals surface area contributed by atoms with Crippen molar-refractivity contribution in [1.29, 1.82) is 0 Å². The van der Waals surface area contributed by atoms with Crippen LogP contribution in [0.15, 0.2) is 0 Å². The molecule has 3 heteroatoms. The van der Waals surface area contributed by atoms with Crippen molar-refractivity contribution in [3.63, 3.8) is 0 Å². The number of aliphatic hydroxyl groups is 1. The molecule has 0 aromatic rings. The van der Waals surface area contributed by atoms with Gasteiger partial charge in [-0.05, 0) is 46.2 Å². The van der Waals surface area contributed by atoms with Crippen molar-refractivity contribution >= 4 is 0 Å². The maximum atomic E-state index is 9.46. The Morgan fingerprint density at radius 3 is 2.40 bits per heavy atom. The summed E-state index contributed by atoms with van der Waals surface area (Å²) < 4.78 is 0. The summed E-state index contributed by atoms with van der Waals surface area (Å²) in [7, 11) is 0. The molecule has 0 aromatic heterocycles. The van der Waals surface area contributed by atoms with Crippen LogP contribution in [-0.2, 0) is 0 Å². The highest BCUT2D eigenvalue weighted by molar-refractivity contribution is 4.79. The number of likely N-dealkylation sites (tertiary alicyclic amines) is 1. The number of rotatable bonds is 5. The Morgan fingerprint density at radius 1 is 1.33 bits per heavy atom. The number of nitrogens with zero attached hydrogens (tertiary/aromatic N) is 1. The van der Waals surface area contributed by atoms with Crippen LogP contribution in [0.1, 0.15) is 40.0 Å². The molecule has 0 spiro atoms. The first-order chi connectivity index (χ1) is 7.13. The lowest BCUT2D eigenvalue weighted by molar-refractivity contribution is 0.135. The fraction of sp³-hybridized carbons (Fsp3) is 1.00. The average Bonchev–Trinajstić information content (AvgIpc) is 2.26. The summed E-state index contributed by atoms with van der Waals surface area (Å²) in [5, 5.41) is 12.9. The molecule has 1 aliphatic rings. The predicted octanol–water partition coefficient (Wildman–Crippen LogP) is 1.22. The van der Waals surface area contributed by atoms with Crippen LogP contribution in [0.4, 0.5) is 0 Å². The van der Waals surface area contributed by atoms with Gasteiger partial charge in [-0.1, -0.05) is 6.92 Å². The lowest BCUT2D eigenvalue weighted by Gasteiger charge is -2.35. The highest BCUT2D eigenvalue weighted by atomic mass is 16.3. The van der Waals surface area contributed by atoms with Gasteiger partial charge < -0.3 is 15.3 Å². The summed E-state index contributed by atoms with van der Waals surface area (Å²) in [4.78, 5) is 2.52. The summed E-state index contributed by atoms with van der Waals surface area (Å²) in [6, 6.07) is 1.29. The SMILES string of the molecule is CCC(O)CNC1CCN(C(C)C)CC1. The molecule has 1 fully saturated rings. The fourth-order valence-corrected chi connectivity index (χ4v) is 2.07. The minimum Gasteiger partial charge on any atom is -0.392 e. The van der Waals surface area contributed by atoms with Gasteiger partial charge in [0.15, 0.2) is 0 Å². The van der Waals surface area contributed by atoms with Gasteiger partial charge in [-0.15, -0.1) is 0 Å². The van der Waals surface area contributed by atoms with Crippen molar-refractivity contribution in [2.45, 2.75) is 58.2 Å². The first kappa shape index (κ1) is 12.9. The third-order valence-corrected chi connectivity index (χ3v) is 3.37. The molecular formula is C12H26N2O. The van der Waals surface area contributed by atoms with Gasteiger partial charge in [0.2, 0.25) is 0 Å². The van der Waals surface area contributed by atoms with Crippen LogP contribution in [0.5, 0.6) is 0 Å². The summed E-state index contributed by atoms with van der Waals surface area (Å²) in [6.45, 7) is 9.68. The topological polar surface area (TPSA) is 35.5 Å². The van der Waals surface area contributed by atoms with E-state index in [2.05, 4.69) is 24.1 Å². The molecule has 0 aromatic carbocycles. The van der Waals surface area contributed by atoms with Crippen molar-refractivity contribution in [3.05, 3.63) is 0 Å². The molecule has 0 radical (unpaired) electrons. The molecule has 3 nitrogen and oxygen atoms in total. The van der Waals surface area contributed by atoms with Gasteiger partial charge in [0.05, 0.1) is 6.10 Å². The van der Waals surface area contributed by atoms with E-state index in [9.17, 15) is 5.11 Å². The molecule has 2 N–H and O–H groups in total. The van der Waals surface area contributed by atoms with Gasteiger partial charge in [-0.2, -0.15) is 0 Å². The minimum atomic E-state index is -0.173. The van der Waals surface area contributed by atoms with E-state index in [1.807, 2.05) is 6.92 Å². The molecule has 15 heavy (non-hydrogen) atoms. The second-order valence-corrected chi connectivity index (χ2v) is 4.87. The Hall–Kier alpha value is -0.120. The van der Waals surface area contributed by atoms with E-state index in [-0.39, 0.29) is 6.10 Å². The summed E-state index contributed by atoms with van der Waals surface area (Å²) >= 11 is 0. The van der Waals surface area contributed by atoms with Crippen molar-refractivity contribution in [3.8, 4) is 0 Å². The van der Waals surface area contributed by atoms with Crippen LogP contribution in [-0.4, -0.2) is 47.8 Å². The maximum absolute atomic E-state index is 9.46. The second kappa shape index (κ2) is 6.46. The highest BCUT2D eigenvalue weighted by Gasteiger charge is 2.20. The first-order valence-corrected chi connectivity index (χ1v) is 6.29. The molecular weight excluding hydrogens is 188 g/mol. The zero-order valence-electron chi connectivity index (χ0n) is 10.4. The lowest BCUT2D eigenvalue weighted by Crippen LogP contribution is -2.46. The van der Waals surface area contributed by atoms with E-state index in [1.54, 1.807) is 0 Å². The van der Waals surface area contributed by atoms with Crippen molar-refractivity contribution in [2.75, 3.05) is 19.6 Å². The van der Waals surface area contributed by atoms with Crippen LogP contribution in [0.3, 0.4) is 0 Å². The van der Waals surface area contributed by atoms with Gasteiger partial charge in [-0.3, -0.25) is 0 Å². The monoisotopic (exact) mass is 214 g/mol. The average molecular weight is 214 g/mol. The summed E-state index contributed by atoms with van der Waals surface area (Å²) in [5.41, 5.74) is 0. The Kier molecular flexibility index (Phi) is 5.58. The van der Waals surface area contributed by atoms with Crippen LogP contribution >= 0.6 is 0 Å².